The third kappa shape index (κ3) is 4.97. The summed E-state index contributed by atoms with van der Waals surface area (Å²) >= 11 is 0. The Bertz CT molecular complexity index is 1020. The van der Waals surface area contributed by atoms with Crippen molar-refractivity contribution in [2.24, 2.45) is 4.99 Å². The fourth-order valence-electron chi connectivity index (χ4n) is 3.30. The van der Waals surface area contributed by atoms with Gasteiger partial charge in [-0.3, -0.25) is 4.99 Å². The fraction of sp³-hybridized carbons (Fsp3) is 0.273. The van der Waals surface area contributed by atoms with Gasteiger partial charge in [-0.05, 0) is 37.6 Å². The number of nitrogens with one attached hydrogen (secondary N) is 2. The Morgan fingerprint density at radius 3 is 2.53 bits per heavy atom. The summed E-state index contributed by atoms with van der Waals surface area (Å²) in [6, 6.07) is 11.8. The lowest BCUT2D eigenvalue weighted by atomic mass is 10.1. The van der Waals surface area contributed by atoms with Gasteiger partial charge in [0.1, 0.15) is 17.9 Å². The van der Waals surface area contributed by atoms with E-state index in [-0.39, 0.29) is 41.5 Å². The summed E-state index contributed by atoms with van der Waals surface area (Å²) in [5, 5.41) is 6.37. The third-order valence-corrected chi connectivity index (χ3v) is 4.99. The molecule has 0 spiro atoms. The molecule has 0 bridgehead atoms. The van der Waals surface area contributed by atoms with Gasteiger partial charge in [-0.25, -0.2) is 13.8 Å². The zero-order valence-corrected chi connectivity index (χ0v) is 19.0. The van der Waals surface area contributed by atoms with Gasteiger partial charge in [0.15, 0.2) is 5.96 Å². The van der Waals surface area contributed by atoms with E-state index in [0.717, 1.165) is 11.3 Å². The highest BCUT2D eigenvalue weighted by Crippen LogP contribution is 2.43. The smallest absolute Gasteiger partial charge is 0.226 e. The molecule has 2 aromatic carbocycles. The highest BCUT2D eigenvalue weighted by Gasteiger charge is 2.42. The van der Waals surface area contributed by atoms with E-state index in [9.17, 15) is 8.78 Å². The minimum absolute atomic E-state index is 0. The van der Waals surface area contributed by atoms with E-state index in [1.807, 2.05) is 31.2 Å². The monoisotopic (exact) mass is 524 g/mol. The lowest BCUT2D eigenvalue weighted by Crippen LogP contribution is -2.38. The minimum atomic E-state index is -0.506. The van der Waals surface area contributed by atoms with Crippen LogP contribution in [-0.4, -0.2) is 24.0 Å². The first-order valence-electron chi connectivity index (χ1n) is 9.47. The standard InChI is InChI=1S/C22H22F2N4O.HI/c1-13-6-8-14(9-7-13)21-27-15(12-29-21)11-26-22(25-2)28-19-10-16(19)20-17(23)4-3-5-18(20)24;/h3-9,12,16,19H,10-11H2,1-2H3,(H2,25,26,28);1H. The molecular formula is C22H23F2IN4O. The lowest BCUT2D eigenvalue weighted by Gasteiger charge is -2.11. The number of halogens is 3. The molecule has 1 fully saturated rings. The van der Waals surface area contributed by atoms with Crippen LogP contribution in [0.1, 0.15) is 29.2 Å². The van der Waals surface area contributed by atoms with Crippen LogP contribution in [-0.2, 0) is 6.54 Å². The van der Waals surface area contributed by atoms with Crippen molar-refractivity contribution in [3.63, 3.8) is 0 Å². The van der Waals surface area contributed by atoms with E-state index in [4.69, 9.17) is 4.42 Å². The second-order valence-corrected chi connectivity index (χ2v) is 7.16. The summed E-state index contributed by atoms with van der Waals surface area (Å²) in [6.45, 7) is 2.44. The average molecular weight is 524 g/mol. The van der Waals surface area contributed by atoms with Crippen molar-refractivity contribution in [2.75, 3.05) is 7.05 Å². The predicted octanol–water partition coefficient (Wildman–Crippen LogP) is 4.77. The number of guanidine groups is 1. The van der Waals surface area contributed by atoms with Crippen molar-refractivity contribution in [3.05, 3.63) is 77.2 Å². The molecule has 4 rings (SSSR count). The quantitative estimate of drug-likeness (QED) is 0.287. The number of hydrogen-bond donors (Lipinski definition) is 2. The Morgan fingerprint density at radius 2 is 1.87 bits per heavy atom. The van der Waals surface area contributed by atoms with Gasteiger partial charge in [0, 0.05) is 30.1 Å². The van der Waals surface area contributed by atoms with E-state index in [0.29, 0.717) is 24.8 Å². The molecule has 1 aliphatic carbocycles. The molecular weight excluding hydrogens is 501 g/mol. The normalized spacial score (nSPS) is 17.9. The number of benzene rings is 2. The van der Waals surface area contributed by atoms with Crippen LogP contribution in [0.2, 0.25) is 0 Å². The highest BCUT2D eigenvalue weighted by atomic mass is 127. The van der Waals surface area contributed by atoms with Crippen molar-refractivity contribution in [2.45, 2.75) is 31.8 Å². The summed E-state index contributed by atoms with van der Waals surface area (Å²) in [4.78, 5) is 8.67. The maximum atomic E-state index is 13.9. The highest BCUT2D eigenvalue weighted by molar-refractivity contribution is 14.0. The summed E-state index contributed by atoms with van der Waals surface area (Å²) in [5.74, 6) is -0.104. The molecule has 30 heavy (non-hydrogen) atoms. The zero-order chi connectivity index (χ0) is 20.4. The molecule has 2 atom stereocenters. The van der Waals surface area contributed by atoms with Gasteiger partial charge in [0.05, 0.1) is 12.2 Å². The van der Waals surface area contributed by atoms with Gasteiger partial charge in [-0.2, -0.15) is 0 Å². The molecule has 1 saturated carbocycles. The maximum Gasteiger partial charge on any atom is 0.226 e. The van der Waals surface area contributed by atoms with E-state index < -0.39 is 11.6 Å². The molecule has 1 aliphatic rings. The first-order valence-corrected chi connectivity index (χ1v) is 9.47. The molecule has 158 valence electrons. The van der Waals surface area contributed by atoms with Crippen LogP contribution in [0.5, 0.6) is 0 Å². The van der Waals surface area contributed by atoms with E-state index >= 15 is 0 Å². The van der Waals surface area contributed by atoms with Gasteiger partial charge in [0.25, 0.3) is 0 Å². The number of aliphatic imine (C=N–C) groups is 1. The Balaban J connectivity index is 0.00000256. The molecule has 1 aromatic heterocycles. The van der Waals surface area contributed by atoms with Crippen LogP contribution in [0.3, 0.4) is 0 Å². The molecule has 2 N–H and O–H groups in total. The SMILES string of the molecule is CN=C(NCc1coc(-c2ccc(C)cc2)n1)NC1CC1c1c(F)cccc1F.I. The Hall–Kier alpha value is -2.49. The van der Waals surface area contributed by atoms with Crippen LogP contribution < -0.4 is 10.6 Å². The van der Waals surface area contributed by atoms with Crippen molar-refractivity contribution in [1.82, 2.24) is 15.6 Å². The van der Waals surface area contributed by atoms with E-state index in [1.54, 1.807) is 13.3 Å². The molecule has 8 heteroatoms. The summed E-state index contributed by atoms with van der Waals surface area (Å²) in [6.07, 6.45) is 2.25. The molecule has 2 unspecified atom stereocenters. The van der Waals surface area contributed by atoms with Crippen LogP contribution in [0.15, 0.2) is 58.1 Å². The predicted molar refractivity (Wildman–Crippen MR) is 123 cm³/mol. The van der Waals surface area contributed by atoms with Crippen LogP contribution in [0, 0.1) is 18.6 Å². The summed E-state index contributed by atoms with van der Waals surface area (Å²) in [7, 11) is 1.65. The molecule has 5 nitrogen and oxygen atoms in total. The number of hydrogen-bond acceptors (Lipinski definition) is 3. The number of aryl methyl sites for hydroxylation is 1. The Labute approximate surface area is 191 Å². The van der Waals surface area contributed by atoms with Crippen LogP contribution in [0.4, 0.5) is 8.78 Å². The number of rotatable bonds is 5. The van der Waals surface area contributed by atoms with Crippen molar-refractivity contribution < 1.29 is 13.2 Å². The maximum absolute atomic E-state index is 13.9. The minimum Gasteiger partial charge on any atom is -0.444 e. The van der Waals surface area contributed by atoms with Gasteiger partial charge in [0.2, 0.25) is 5.89 Å². The van der Waals surface area contributed by atoms with Crippen LogP contribution >= 0.6 is 24.0 Å². The Kier molecular flexibility index (Phi) is 7.06. The number of oxazole rings is 1. The molecule has 3 aromatic rings. The van der Waals surface area contributed by atoms with E-state index in [2.05, 4.69) is 20.6 Å². The second-order valence-electron chi connectivity index (χ2n) is 7.16. The van der Waals surface area contributed by atoms with Gasteiger partial charge < -0.3 is 15.1 Å². The molecule has 0 aliphatic heterocycles. The van der Waals surface area contributed by atoms with Gasteiger partial charge in [-0.15, -0.1) is 24.0 Å². The van der Waals surface area contributed by atoms with Crippen LogP contribution in [0.25, 0.3) is 11.5 Å². The van der Waals surface area contributed by atoms with Crippen molar-refractivity contribution in [3.8, 4) is 11.5 Å². The molecule has 0 amide bonds. The fourth-order valence-corrected chi connectivity index (χ4v) is 3.30. The van der Waals surface area contributed by atoms with Crippen molar-refractivity contribution in [1.29, 1.82) is 0 Å². The summed E-state index contributed by atoms with van der Waals surface area (Å²) < 4.78 is 33.4. The second kappa shape index (κ2) is 9.55. The topological polar surface area (TPSA) is 62.5 Å². The number of nitrogens with zero attached hydrogens (tertiary/aromatic N) is 2. The average Bonchev–Trinajstić information content (AvgIpc) is 3.28. The summed E-state index contributed by atoms with van der Waals surface area (Å²) in [5.41, 5.74) is 2.96. The van der Waals surface area contributed by atoms with Crippen molar-refractivity contribution >= 4 is 29.9 Å². The van der Waals surface area contributed by atoms with Gasteiger partial charge >= 0.3 is 0 Å². The Morgan fingerprint density at radius 1 is 1.17 bits per heavy atom. The molecule has 1 heterocycles. The first kappa shape index (κ1) is 22.2. The van der Waals surface area contributed by atoms with Gasteiger partial charge in [-0.1, -0.05) is 23.8 Å². The zero-order valence-electron chi connectivity index (χ0n) is 16.7. The third-order valence-electron chi connectivity index (χ3n) is 4.99. The largest absolute Gasteiger partial charge is 0.444 e. The van der Waals surface area contributed by atoms with E-state index in [1.165, 1.54) is 23.8 Å². The molecule has 0 saturated heterocycles. The molecule has 0 radical (unpaired) electrons. The number of aromatic nitrogens is 1. The first-order chi connectivity index (χ1) is 14.0. The lowest BCUT2D eigenvalue weighted by molar-refractivity contribution is 0.553.